The molecule has 3 rings (SSSR count). The van der Waals surface area contributed by atoms with Gasteiger partial charge in [-0.15, -0.1) is 11.6 Å². The van der Waals surface area contributed by atoms with Crippen LogP contribution < -0.4 is 0 Å². The number of aromatic nitrogens is 3. The number of benzene rings is 1. The lowest BCUT2D eigenvalue weighted by molar-refractivity contribution is 0.504. The fourth-order valence-electron chi connectivity index (χ4n) is 2.15. The van der Waals surface area contributed by atoms with Gasteiger partial charge >= 0.3 is 0 Å². The molecule has 0 fully saturated rings. The zero-order valence-electron chi connectivity index (χ0n) is 10.6. The summed E-state index contributed by atoms with van der Waals surface area (Å²) < 4.78 is 28.9. The van der Waals surface area contributed by atoms with Gasteiger partial charge in [-0.25, -0.2) is 18.7 Å². The van der Waals surface area contributed by atoms with Gasteiger partial charge in [0.1, 0.15) is 11.3 Å². The van der Waals surface area contributed by atoms with Gasteiger partial charge in [-0.05, 0) is 30.7 Å². The number of aryl methyl sites for hydroxylation is 1. The van der Waals surface area contributed by atoms with Gasteiger partial charge in [0.2, 0.25) is 0 Å². The maximum absolute atomic E-state index is 14.0. The molecule has 0 aliphatic carbocycles. The second-order valence-electron chi connectivity index (χ2n) is 4.37. The van der Waals surface area contributed by atoms with E-state index in [0.717, 1.165) is 11.6 Å². The molecule has 20 heavy (non-hydrogen) atoms. The van der Waals surface area contributed by atoms with Crippen LogP contribution in [-0.2, 0) is 5.88 Å². The Balaban J connectivity index is 2.41. The maximum atomic E-state index is 14.0. The summed E-state index contributed by atoms with van der Waals surface area (Å²) in [6.45, 7) is 1.88. The molecule has 6 heteroatoms. The Hall–Kier alpha value is -2.01. The largest absolute Gasteiger partial charge is 0.277 e. The van der Waals surface area contributed by atoms with Crippen LogP contribution in [0.15, 0.2) is 30.5 Å². The fourth-order valence-corrected chi connectivity index (χ4v) is 2.33. The summed E-state index contributed by atoms with van der Waals surface area (Å²) in [5, 5.41) is 0. The van der Waals surface area contributed by atoms with Gasteiger partial charge in [0.05, 0.1) is 11.6 Å². The van der Waals surface area contributed by atoms with E-state index >= 15 is 0 Å². The van der Waals surface area contributed by atoms with E-state index in [2.05, 4.69) is 9.97 Å². The molecule has 0 bridgehead atoms. The molecule has 0 aliphatic rings. The number of imidazole rings is 1. The molecule has 0 amide bonds. The van der Waals surface area contributed by atoms with Crippen molar-refractivity contribution in [3.05, 3.63) is 53.5 Å². The Kier molecular flexibility index (Phi) is 3.14. The van der Waals surface area contributed by atoms with E-state index in [1.54, 1.807) is 12.3 Å². The molecule has 0 radical (unpaired) electrons. The van der Waals surface area contributed by atoms with Crippen LogP contribution in [0.5, 0.6) is 0 Å². The summed E-state index contributed by atoms with van der Waals surface area (Å²) >= 11 is 5.87. The zero-order chi connectivity index (χ0) is 14.3. The standard InChI is InChI=1S/C14H10ClF2N3/c1-8-5-6-18-14-13(8)19-11(7-15)20(14)10-4-2-3-9(16)12(10)17/h2-6H,7H2,1H3. The minimum Gasteiger partial charge on any atom is -0.277 e. The summed E-state index contributed by atoms with van der Waals surface area (Å²) in [7, 11) is 0. The summed E-state index contributed by atoms with van der Waals surface area (Å²) in [5.74, 6) is -1.36. The summed E-state index contributed by atoms with van der Waals surface area (Å²) in [5.41, 5.74) is 2.05. The Morgan fingerprint density at radius 2 is 2.05 bits per heavy atom. The van der Waals surface area contributed by atoms with Crippen LogP contribution in [0.3, 0.4) is 0 Å². The normalized spacial score (nSPS) is 11.2. The SMILES string of the molecule is Cc1ccnc2c1nc(CCl)n2-c1cccc(F)c1F. The van der Waals surface area contributed by atoms with Crippen LogP contribution in [0, 0.1) is 18.6 Å². The van der Waals surface area contributed by atoms with Crippen molar-refractivity contribution in [3.8, 4) is 5.69 Å². The number of nitrogens with zero attached hydrogens (tertiary/aromatic N) is 3. The van der Waals surface area contributed by atoms with E-state index in [1.165, 1.54) is 16.7 Å². The minimum absolute atomic E-state index is 0.0567. The molecule has 3 aromatic rings. The molecule has 0 saturated carbocycles. The third-order valence-electron chi connectivity index (χ3n) is 3.11. The topological polar surface area (TPSA) is 30.7 Å². The van der Waals surface area contributed by atoms with Crippen molar-refractivity contribution in [2.45, 2.75) is 12.8 Å². The van der Waals surface area contributed by atoms with Crippen molar-refractivity contribution in [2.75, 3.05) is 0 Å². The molecule has 0 unspecified atom stereocenters. The van der Waals surface area contributed by atoms with Gasteiger partial charge in [-0.1, -0.05) is 6.07 Å². The Bertz CT molecular complexity index is 798. The molecular weight excluding hydrogens is 284 g/mol. The Labute approximate surface area is 118 Å². The van der Waals surface area contributed by atoms with Gasteiger partial charge < -0.3 is 0 Å². The van der Waals surface area contributed by atoms with E-state index in [0.29, 0.717) is 17.0 Å². The van der Waals surface area contributed by atoms with Gasteiger partial charge in [0.15, 0.2) is 17.3 Å². The second-order valence-corrected chi connectivity index (χ2v) is 4.64. The molecule has 0 atom stereocenters. The van der Waals surface area contributed by atoms with E-state index < -0.39 is 11.6 Å². The minimum atomic E-state index is -0.943. The molecular formula is C14H10ClF2N3. The highest BCUT2D eigenvalue weighted by Crippen LogP contribution is 2.25. The maximum Gasteiger partial charge on any atom is 0.182 e. The molecule has 1 aromatic carbocycles. The van der Waals surface area contributed by atoms with Gasteiger partial charge in [-0.2, -0.15) is 0 Å². The smallest absolute Gasteiger partial charge is 0.182 e. The Morgan fingerprint density at radius 1 is 1.25 bits per heavy atom. The lowest BCUT2D eigenvalue weighted by Crippen LogP contribution is -2.04. The average Bonchev–Trinajstić information content (AvgIpc) is 2.82. The summed E-state index contributed by atoms with van der Waals surface area (Å²) in [6.07, 6.45) is 1.60. The van der Waals surface area contributed by atoms with Crippen molar-refractivity contribution in [1.82, 2.24) is 14.5 Å². The molecule has 2 heterocycles. The van der Waals surface area contributed by atoms with E-state index in [4.69, 9.17) is 11.6 Å². The molecule has 0 spiro atoms. The molecule has 2 aromatic heterocycles. The van der Waals surface area contributed by atoms with Gasteiger partial charge in [0, 0.05) is 6.20 Å². The van der Waals surface area contributed by atoms with Crippen molar-refractivity contribution >= 4 is 22.8 Å². The highest BCUT2D eigenvalue weighted by molar-refractivity contribution is 6.17. The van der Waals surface area contributed by atoms with Gasteiger partial charge in [0.25, 0.3) is 0 Å². The van der Waals surface area contributed by atoms with Crippen LogP contribution in [0.1, 0.15) is 11.4 Å². The van der Waals surface area contributed by atoms with Gasteiger partial charge in [-0.3, -0.25) is 4.57 Å². The van der Waals surface area contributed by atoms with Crippen molar-refractivity contribution < 1.29 is 8.78 Å². The first-order valence-electron chi connectivity index (χ1n) is 5.96. The first-order valence-corrected chi connectivity index (χ1v) is 6.50. The monoisotopic (exact) mass is 293 g/mol. The Morgan fingerprint density at radius 3 is 2.80 bits per heavy atom. The van der Waals surface area contributed by atoms with Crippen molar-refractivity contribution in [1.29, 1.82) is 0 Å². The van der Waals surface area contributed by atoms with E-state index in [9.17, 15) is 8.78 Å². The third-order valence-corrected chi connectivity index (χ3v) is 3.35. The number of alkyl halides is 1. The summed E-state index contributed by atoms with van der Waals surface area (Å²) in [4.78, 5) is 8.57. The van der Waals surface area contributed by atoms with Crippen LogP contribution in [-0.4, -0.2) is 14.5 Å². The quantitative estimate of drug-likeness (QED) is 0.674. The number of hydrogen-bond acceptors (Lipinski definition) is 2. The molecule has 102 valence electrons. The van der Waals surface area contributed by atoms with E-state index in [1.807, 2.05) is 6.92 Å². The lowest BCUT2D eigenvalue weighted by atomic mass is 10.2. The van der Waals surface area contributed by atoms with Crippen molar-refractivity contribution in [3.63, 3.8) is 0 Å². The number of halogens is 3. The van der Waals surface area contributed by atoms with Crippen LogP contribution in [0.2, 0.25) is 0 Å². The number of rotatable bonds is 2. The molecule has 0 aliphatic heterocycles. The summed E-state index contributed by atoms with van der Waals surface area (Å²) in [6, 6.07) is 5.78. The highest BCUT2D eigenvalue weighted by atomic mass is 35.5. The molecule has 0 saturated heterocycles. The number of fused-ring (bicyclic) bond motifs is 1. The zero-order valence-corrected chi connectivity index (χ0v) is 11.3. The average molecular weight is 294 g/mol. The van der Waals surface area contributed by atoms with Crippen LogP contribution in [0.25, 0.3) is 16.9 Å². The predicted octanol–water partition coefficient (Wildman–Crippen LogP) is 3.75. The molecule has 0 N–H and O–H groups in total. The first kappa shape index (κ1) is 13.0. The van der Waals surface area contributed by atoms with Crippen LogP contribution >= 0.6 is 11.6 Å². The second kappa shape index (κ2) is 4.83. The molecule has 3 nitrogen and oxygen atoms in total. The van der Waals surface area contributed by atoms with E-state index in [-0.39, 0.29) is 11.6 Å². The highest BCUT2D eigenvalue weighted by Gasteiger charge is 2.18. The van der Waals surface area contributed by atoms with Crippen LogP contribution in [0.4, 0.5) is 8.78 Å². The lowest BCUT2D eigenvalue weighted by Gasteiger charge is -2.08. The number of pyridine rings is 1. The van der Waals surface area contributed by atoms with Crippen molar-refractivity contribution in [2.24, 2.45) is 0 Å². The number of hydrogen-bond donors (Lipinski definition) is 0. The third kappa shape index (κ3) is 1.86. The fraction of sp³-hybridized carbons (Fsp3) is 0.143. The first-order chi connectivity index (χ1) is 9.63. The predicted molar refractivity (Wildman–Crippen MR) is 73.1 cm³/mol.